The van der Waals surface area contributed by atoms with Gasteiger partial charge < -0.3 is 20.9 Å². The number of amides is 4. The topological polar surface area (TPSA) is 108 Å². The first-order chi connectivity index (χ1) is 19.4. The molecular weight excluding hydrogens is 504 g/mol. The van der Waals surface area contributed by atoms with E-state index in [1.165, 1.54) is 6.42 Å². The molecule has 0 spiro atoms. The largest absolute Gasteiger partial charge is 0.344 e. The van der Waals surface area contributed by atoms with Gasteiger partial charge in [0.15, 0.2) is 0 Å². The normalized spacial score (nSPS) is 19.6. The molecule has 1 heterocycles. The average molecular weight is 535 g/mol. The summed E-state index contributed by atoms with van der Waals surface area (Å²) in [5, 5.41) is 10.5. The fraction of sp³-hybridized carbons (Fsp3) is 0.312. The maximum absolute atomic E-state index is 13.4. The van der Waals surface area contributed by atoms with Crippen molar-refractivity contribution in [1.29, 1.82) is 0 Å². The van der Waals surface area contributed by atoms with Crippen molar-refractivity contribution < 1.29 is 19.2 Å². The molecule has 3 N–H and O–H groups in total. The predicted octanol–water partition coefficient (Wildman–Crippen LogP) is 2.47. The van der Waals surface area contributed by atoms with E-state index >= 15 is 0 Å². The quantitative estimate of drug-likeness (QED) is 0.334. The highest BCUT2D eigenvalue weighted by Crippen LogP contribution is 2.48. The number of carbonyl (C=O) groups is 4. The van der Waals surface area contributed by atoms with Crippen LogP contribution in [0.3, 0.4) is 0 Å². The van der Waals surface area contributed by atoms with Crippen LogP contribution in [0.2, 0.25) is 0 Å². The molecule has 0 radical (unpaired) electrons. The van der Waals surface area contributed by atoms with Crippen LogP contribution in [0.5, 0.6) is 0 Å². The Hall–Kier alpha value is -4.64. The second-order valence-corrected chi connectivity index (χ2v) is 10.9. The van der Waals surface area contributed by atoms with E-state index in [1.54, 1.807) is 29.2 Å². The molecule has 3 fully saturated rings. The molecule has 3 aromatic carbocycles. The minimum absolute atomic E-state index is 0.0125. The third-order valence-corrected chi connectivity index (χ3v) is 8.11. The number of rotatable bonds is 6. The monoisotopic (exact) mass is 534 g/mol. The Kier molecular flexibility index (Phi) is 6.72. The van der Waals surface area contributed by atoms with Crippen molar-refractivity contribution in [3.05, 3.63) is 83.4 Å². The number of nitrogens with one attached hydrogen (secondary N) is 3. The van der Waals surface area contributed by atoms with Gasteiger partial charge in [0.05, 0.1) is 12.1 Å². The lowest BCUT2D eigenvalue weighted by Gasteiger charge is -2.21. The van der Waals surface area contributed by atoms with Gasteiger partial charge in [-0.3, -0.25) is 19.2 Å². The van der Waals surface area contributed by atoms with E-state index in [1.807, 2.05) is 18.2 Å². The van der Waals surface area contributed by atoms with Crippen LogP contribution in [0.15, 0.2) is 66.7 Å². The van der Waals surface area contributed by atoms with Crippen molar-refractivity contribution in [3.8, 4) is 11.8 Å². The standard InChI is InChI=1S/C32H30N4O4/c37-28(36-19-23-17-24(23)20-36)13-6-16-33-30(39)31(40)34-18-22-8-2-4-11-26(22)29(38)35-32(14-15-32)27-12-5-9-21-7-1-3-10-25(21)27/h1-5,7-12,23-24H,14-20H2,(H,33,39)(H,34,40)(H,35,38). The molecule has 0 bridgehead atoms. The lowest BCUT2D eigenvalue weighted by Crippen LogP contribution is -2.40. The van der Waals surface area contributed by atoms with Crippen LogP contribution < -0.4 is 16.0 Å². The zero-order valence-electron chi connectivity index (χ0n) is 22.0. The van der Waals surface area contributed by atoms with Gasteiger partial charge in [-0.1, -0.05) is 66.6 Å². The molecule has 0 aromatic heterocycles. The fourth-order valence-corrected chi connectivity index (χ4v) is 5.63. The van der Waals surface area contributed by atoms with Crippen LogP contribution in [0.4, 0.5) is 0 Å². The molecule has 3 aliphatic rings. The molecule has 8 heteroatoms. The van der Waals surface area contributed by atoms with Crippen molar-refractivity contribution >= 4 is 34.4 Å². The molecule has 6 rings (SSSR count). The first-order valence-corrected chi connectivity index (χ1v) is 13.7. The van der Waals surface area contributed by atoms with Crippen molar-refractivity contribution in [1.82, 2.24) is 20.9 Å². The molecule has 4 amide bonds. The molecule has 8 nitrogen and oxygen atoms in total. The Morgan fingerprint density at radius 3 is 2.35 bits per heavy atom. The lowest BCUT2D eigenvalue weighted by molar-refractivity contribution is -0.139. The molecule has 2 aliphatic carbocycles. The molecule has 1 saturated heterocycles. The number of fused-ring (bicyclic) bond motifs is 2. The highest BCUT2D eigenvalue weighted by molar-refractivity contribution is 6.35. The summed E-state index contributed by atoms with van der Waals surface area (Å²) in [6.07, 6.45) is 2.89. The van der Waals surface area contributed by atoms with Gasteiger partial charge in [0, 0.05) is 25.2 Å². The predicted molar refractivity (Wildman–Crippen MR) is 150 cm³/mol. The molecule has 3 aromatic rings. The molecule has 2 unspecified atom stereocenters. The van der Waals surface area contributed by atoms with Gasteiger partial charge in [-0.2, -0.15) is 0 Å². The Morgan fingerprint density at radius 2 is 1.55 bits per heavy atom. The van der Waals surface area contributed by atoms with Crippen LogP contribution in [0.1, 0.15) is 40.7 Å². The van der Waals surface area contributed by atoms with Crippen LogP contribution in [-0.4, -0.2) is 48.2 Å². The lowest BCUT2D eigenvalue weighted by atomic mass is 9.96. The van der Waals surface area contributed by atoms with E-state index in [-0.39, 0.29) is 24.9 Å². The third kappa shape index (κ3) is 5.28. The summed E-state index contributed by atoms with van der Waals surface area (Å²) in [5.74, 6) is 4.26. The van der Waals surface area contributed by atoms with Crippen molar-refractivity contribution in [2.24, 2.45) is 11.8 Å². The van der Waals surface area contributed by atoms with Gasteiger partial charge >= 0.3 is 11.8 Å². The van der Waals surface area contributed by atoms with E-state index in [4.69, 9.17) is 0 Å². The maximum atomic E-state index is 13.4. The van der Waals surface area contributed by atoms with Crippen LogP contribution in [0, 0.1) is 23.7 Å². The van der Waals surface area contributed by atoms with E-state index < -0.39 is 17.4 Å². The number of nitrogens with zero attached hydrogens (tertiary/aromatic N) is 1. The van der Waals surface area contributed by atoms with Crippen molar-refractivity contribution in [2.75, 3.05) is 19.6 Å². The first-order valence-electron chi connectivity index (χ1n) is 13.7. The summed E-state index contributed by atoms with van der Waals surface area (Å²) in [5.41, 5.74) is 1.72. The molecule has 2 saturated carbocycles. The van der Waals surface area contributed by atoms with E-state index in [0.717, 1.165) is 42.3 Å². The van der Waals surface area contributed by atoms with Crippen molar-refractivity contribution in [2.45, 2.75) is 31.3 Å². The van der Waals surface area contributed by atoms with Gasteiger partial charge in [-0.15, -0.1) is 0 Å². The number of benzene rings is 3. The van der Waals surface area contributed by atoms with E-state index in [0.29, 0.717) is 23.0 Å². The highest BCUT2D eigenvalue weighted by Gasteiger charge is 2.47. The van der Waals surface area contributed by atoms with E-state index in [2.05, 4.69) is 52.1 Å². The summed E-state index contributed by atoms with van der Waals surface area (Å²) in [7, 11) is 0. The third-order valence-electron chi connectivity index (χ3n) is 8.11. The molecular formula is C32H30N4O4. The molecule has 2 atom stereocenters. The van der Waals surface area contributed by atoms with Gasteiger partial charge in [0.1, 0.15) is 0 Å². The van der Waals surface area contributed by atoms with Crippen LogP contribution >= 0.6 is 0 Å². The fourth-order valence-electron chi connectivity index (χ4n) is 5.63. The van der Waals surface area contributed by atoms with Crippen LogP contribution in [0.25, 0.3) is 10.8 Å². The Morgan fingerprint density at radius 1 is 0.850 bits per heavy atom. The Balaban J connectivity index is 1.04. The Labute approximate surface area is 232 Å². The average Bonchev–Trinajstić information content (AvgIpc) is 3.89. The summed E-state index contributed by atoms with van der Waals surface area (Å²) in [6.45, 7) is 1.43. The van der Waals surface area contributed by atoms with Gasteiger partial charge in [0.2, 0.25) is 0 Å². The number of hydrogen-bond donors (Lipinski definition) is 3. The first kappa shape index (κ1) is 25.6. The molecule has 40 heavy (non-hydrogen) atoms. The zero-order valence-corrected chi connectivity index (χ0v) is 22.0. The summed E-state index contributed by atoms with van der Waals surface area (Å²) < 4.78 is 0. The van der Waals surface area contributed by atoms with Gasteiger partial charge in [-0.05, 0) is 65.0 Å². The smallest absolute Gasteiger partial charge is 0.310 e. The molecule has 202 valence electrons. The zero-order chi connectivity index (χ0) is 27.7. The minimum Gasteiger partial charge on any atom is -0.344 e. The number of likely N-dealkylation sites (tertiary alicyclic amines) is 1. The summed E-state index contributed by atoms with van der Waals surface area (Å²) >= 11 is 0. The van der Waals surface area contributed by atoms with Crippen LogP contribution in [-0.2, 0) is 26.5 Å². The van der Waals surface area contributed by atoms with E-state index in [9.17, 15) is 19.2 Å². The summed E-state index contributed by atoms with van der Waals surface area (Å²) in [6, 6.07) is 21.3. The molecule has 1 aliphatic heterocycles. The minimum atomic E-state index is -0.848. The number of piperidine rings is 1. The van der Waals surface area contributed by atoms with Gasteiger partial charge in [0.25, 0.3) is 11.8 Å². The maximum Gasteiger partial charge on any atom is 0.310 e. The SMILES string of the molecule is O=C(NCC#CC(=O)N1CC2CC2C1)C(=O)NCc1ccccc1C(=O)NC1(c2cccc3ccccc23)CC1. The second-order valence-electron chi connectivity index (χ2n) is 10.9. The Bertz CT molecular complexity index is 1570. The van der Waals surface area contributed by atoms with Crippen molar-refractivity contribution in [3.63, 3.8) is 0 Å². The second kappa shape index (κ2) is 10.5. The van der Waals surface area contributed by atoms with Gasteiger partial charge in [-0.25, -0.2) is 0 Å². The summed E-state index contributed by atoms with van der Waals surface area (Å²) in [4.78, 5) is 51.8. The number of hydrogen-bond acceptors (Lipinski definition) is 4. The number of carbonyl (C=O) groups excluding carboxylic acids is 4. The highest BCUT2D eigenvalue weighted by atomic mass is 16.2.